The number of hydrogen-bond donors (Lipinski definition) is 0. The predicted molar refractivity (Wildman–Crippen MR) is 89.3 cm³/mol. The third-order valence-corrected chi connectivity index (χ3v) is 4.76. The molecule has 2 aromatic carbocycles. The lowest BCUT2D eigenvalue weighted by Crippen LogP contribution is -2.45. The largest absolute Gasteiger partial charge is 0.369 e. The van der Waals surface area contributed by atoms with Crippen LogP contribution in [0.4, 0.5) is 5.69 Å². The molecule has 0 bridgehead atoms. The molecule has 2 heterocycles. The third-order valence-electron chi connectivity index (χ3n) is 4.76. The van der Waals surface area contributed by atoms with E-state index in [1.54, 1.807) is 0 Å². The number of nitrogens with zero attached hydrogens (tertiary/aromatic N) is 3. The van der Waals surface area contributed by atoms with Gasteiger partial charge in [-0.25, -0.2) is 0 Å². The lowest BCUT2D eigenvalue weighted by Gasteiger charge is -2.38. The number of oxime groups is 1. The molecule has 3 atom stereocenters. The Bertz CT molecular complexity index is 819. The van der Waals surface area contributed by atoms with Gasteiger partial charge >= 0.3 is 0 Å². The average Bonchev–Trinajstić information content (AvgIpc) is 3.01. The normalized spacial score (nSPS) is 25.0. The van der Waals surface area contributed by atoms with E-state index in [2.05, 4.69) is 47.3 Å². The van der Waals surface area contributed by atoms with Gasteiger partial charge in [0.15, 0.2) is 0 Å². The van der Waals surface area contributed by atoms with Gasteiger partial charge in [0, 0.05) is 12.7 Å². The summed E-state index contributed by atoms with van der Waals surface area (Å²) in [5.41, 5.74) is 5.18. The lowest BCUT2D eigenvalue weighted by atomic mass is 9.77. The number of hydrogen-bond acceptors (Lipinski definition) is 4. The van der Waals surface area contributed by atoms with E-state index in [0.717, 1.165) is 22.5 Å². The van der Waals surface area contributed by atoms with Crippen LogP contribution in [-0.4, -0.2) is 19.0 Å². The third kappa shape index (κ3) is 2.01. The number of nitriles is 1. The Balaban J connectivity index is 1.81. The zero-order valence-electron chi connectivity index (χ0n) is 13.1. The summed E-state index contributed by atoms with van der Waals surface area (Å²) in [5.74, 6) is -0.336. The summed E-state index contributed by atoms with van der Waals surface area (Å²) >= 11 is 0. The molecule has 4 nitrogen and oxygen atoms in total. The van der Waals surface area contributed by atoms with Gasteiger partial charge in [-0.3, -0.25) is 0 Å². The number of anilines is 1. The molecule has 0 amide bonds. The molecular formula is C19H17N3O. The van der Waals surface area contributed by atoms with Crippen LogP contribution in [0, 0.1) is 24.2 Å². The second kappa shape index (κ2) is 5.13. The minimum absolute atomic E-state index is 0.0809. The van der Waals surface area contributed by atoms with E-state index >= 15 is 0 Å². The Morgan fingerprint density at radius 2 is 1.87 bits per heavy atom. The van der Waals surface area contributed by atoms with Gasteiger partial charge in [0.2, 0.25) is 6.23 Å². The average molecular weight is 303 g/mol. The Morgan fingerprint density at radius 3 is 2.61 bits per heavy atom. The van der Waals surface area contributed by atoms with Crippen LogP contribution in [0.1, 0.15) is 22.6 Å². The summed E-state index contributed by atoms with van der Waals surface area (Å²) in [6, 6.07) is 18.7. The van der Waals surface area contributed by atoms with Crippen LogP contribution in [0.2, 0.25) is 0 Å². The standard InChI is InChI=1S/C19H17N3O/c1-12-7-9-13(10-8-12)18-17-15(11-20)14-5-3-4-6-16(14)22(2)19(17)23-21-18/h3-10,15,17,19H,1-2H3/t15?,17-,19+/m1/s1. The van der Waals surface area contributed by atoms with E-state index < -0.39 is 0 Å². The van der Waals surface area contributed by atoms with Crippen molar-refractivity contribution >= 4 is 11.4 Å². The number of para-hydroxylation sites is 1. The number of fused-ring (bicyclic) bond motifs is 2. The fourth-order valence-electron chi connectivity index (χ4n) is 3.53. The molecule has 23 heavy (non-hydrogen) atoms. The van der Waals surface area contributed by atoms with E-state index in [1.165, 1.54) is 5.56 Å². The fourth-order valence-corrected chi connectivity index (χ4v) is 3.53. The lowest BCUT2D eigenvalue weighted by molar-refractivity contribution is 0.0561. The topological polar surface area (TPSA) is 48.6 Å². The van der Waals surface area contributed by atoms with E-state index in [1.807, 2.05) is 31.3 Å². The maximum absolute atomic E-state index is 9.80. The first-order valence-electron chi connectivity index (χ1n) is 7.73. The first-order valence-corrected chi connectivity index (χ1v) is 7.73. The summed E-state index contributed by atoms with van der Waals surface area (Å²) in [5, 5.41) is 14.1. The first kappa shape index (κ1) is 13.8. The van der Waals surface area contributed by atoms with Crippen LogP contribution in [0.5, 0.6) is 0 Å². The molecule has 114 valence electrons. The molecule has 0 radical (unpaired) electrons. The Morgan fingerprint density at radius 1 is 1.13 bits per heavy atom. The number of aryl methyl sites for hydroxylation is 1. The molecule has 2 aromatic rings. The van der Waals surface area contributed by atoms with Crippen molar-refractivity contribution < 1.29 is 4.84 Å². The van der Waals surface area contributed by atoms with Gasteiger partial charge in [-0.2, -0.15) is 5.26 Å². The van der Waals surface area contributed by atoms with Crippen LogP contribution in [0.3, 0.4) is 0 Å². The number of rotatable bonds is 1. The molecular weight excluding hydrogens is 286 g/mol. The predicted octanol–water partition coefficient (Wildman–Crippen LogP) is 3.43. The van der Waals surface area contributed by atoms with E-state index in [-0.39, 0.29) is 18.1 Å². The zero-order chi connectivity index (χ0) is 16.0. The highest BCUT2D eigenvalue weighted by molar-refractivity contribution is 6.04. The summed E-state index contributed by atoms with van der Waals surface area (Å²) < 4.78 is 0. The van der Waals surface area contributed by atoms with Gasteiger partial charge in [0.1, 0.15) is 0 Å². The zero-order valence-corrected chi connectivity index (χ0v) is 13.1. The van der Waals surface area contributed by atoms with E-state index in [4.69, 9.17) is 4.84 Å². The van der Waals surface area contributed by atoms with Gasteiger partial charge in [-0.15, -0.1) is 0 Å². The minimum Gasteiger partial charge on any atom is -0.369 e. The highest BCUT2D eigenvalue weighted by atomic mass is 16.7. The molecule has 0 fully saturated rings. The van der Waals surface area contributed by atoms with Crippen molar-refractivity contribution in [2.45, 2.75) is 19.1 Å². The van der Waals surface area contributed by atoms with Gasteiger partial charge in [0.05, 0.1) is 23.6 Å². The Hall–Kier alpha value is -2.80. The summed E-state index contributed by atoms with van der Waals surface area (Å²) in [7, 11) is 2.00. The second-order valence-corrected chi connectivity index (χ2v) is 6.14. The fraction of sp³-hybridized carbons (Fsp3) is 0.263. The van der Waals surface area contributed by atoms with Crippen molar-refractivity contribution in [2.24, 2.45) is 11.1 Å². The first-order chi connectivity index (χ1) is 11.2. The molecule has 0 spiro atoms. The highest BCUT2D eigenvalue weighted by Gasteiger charge is 2.48. The van der Waals surface area contributed by atoms with Gasteiger partial charge in [0.25, 0.3) is 0 Å². The van der Waals surface area contributed by atoms with Crippen LogP contribution in [0.15, 0.2) is 53.7 Å². The SMILES string of the molecule is Cc1ccc(C2=NO[C@H]3[C@@H]2C(C#N)c2ccccc2N3C)cc1. The van der Waals surface area contributed by atoms with Crippen molar-refractivity contribution in [3.05, 3.63) is 65.2 Å². The van der Waals surface area contributed by atoms with Gasteiger partial charge in [-0.1, -0.05) is 53.2 Å². The van der Waals surface area contributed by atoms with E-state index in [0.29, 0.717) is 0 Å². The molecule has 4 heteroatoms. The van der Waals surface area contributed by atoms with Crippen molar-refractivity contribution in [2.75, 3.05) is 11.9 Å². The maximum atomic E-state index is 9.80. The molecule has 2 aliphatic rings. The van der Waals surface area contributed by atoms with E-state index in [9.17, 15) is 5.26 Å². The molecule has 0 saturated carbocycles. The molecule has 4 rings (SSSR count). The highest BCUT2D eigenvalue weighted by Crippen LogP contribution is 2.45. The van der Waals surface area contributed by atoms with Crippen LogP contribution in [0.25, 0.3) is 0 Å². The maximum Gasteiger partial charge on any atom is 0.210 e. The van der Waals surface area contributed by atoms with Crippen LogP contribution in [-0.2, 0) is 4.84 Å². The van der Waals surface area contributed by atoms with Crippen LogP contribution < -0.4 is 4.90 Å². The summed E-state index contributed by atoms with van der Waals surface area (Å²) in [6.07, 6.45) is -0.231. The minimum atomic E-state index is -0.255. The monoisotopic (exact) mass is 303 g/mol. The van der Waals surface area contributed by atoms with Crippen molar-refractivity contribution in [1.29, 1.82) is 5.26 Å². The molecule has 1 unspecified atom stereocenters. The van der Waals surface area contributed by atoms with Crippen LogP contribution >= 0.6 is 0 Å². The summed E-state index contributed by atoms with van der Waals surface area (Å²) in [4.78, 5) is 7.80. The van der Waals surface area contributed by atoms with Crippen molar-refractivity contribution in [1.82, 2.24) is 0 Å². The molecule has 0 aliphatic carbocycles. The van der Waals surface area contributed by atoms with Gasteiger partial charge < -0.3 is 9.74 Å². The second-order valence-electron chi connectivity index (χ2n) is 6.14. The molecule has 0 saturated heterocycles. The molecule has 0 N–H and O–H groups in total. The van der Waals surface area contributed by atoms with Crippen molar-refractivity contribution in [3.8, 4) is 6.07 Å². The molecule has 2 aliphatic heterocycles. The van der Waals surface area contributed by atoms with Gasteiger partial charge in [-0.05, 0) is 24.1 Å². The Kier molecular flexibility index (Phi) is 3.09. The Labute approximate surface area is 135 Å². The quantitative estimate of drug-likeness (QED) is 0.811. The number of benzene rings is 2. The smallest absolute Gasteiger partial charge is 0.210 e. The molecule has 0 aromatic heterocycles. The van der Waals surface area contributed by atoms with Crippen molar-refractivity contribution in [3.63, 3.8) is 0 Å². The summed E-state index contributed by atoms with van der Waals surface area (Å²) in [6.45, 7) is 2.06.